The normalized spacial score (nSPS) is 16.3. The zero-order valence-corrected chi connectivity index (χ0v) is 20.3. The molecule has 3 N–H and O–H groups in total. The molecule has 2 aromatic carbocycles. The molecule has 184 valence electrons. The lowest BCUT2D eigenvalue weighted by molar-refractivity contribution is 0.0364. The van der Waals surface area contributed by atoms with Crippen molar-refractivity contribution in [2.75, 3.05) is 43.9 Å². The maximum absolute atomic E-state index is 13.2. The summed E-state index contributed by atoms with van der Waals surface area (Å²) in [6, 6.07) is 17.9. The minimum Gasteiger partial charge on any atom is -0.397 e. The lowest BCUT2D eigenvalue weighted by atomic mass is 10.1. The molecule has 2 aromatic heterocycles. The first-order chi connectivity index (χ1) is 17.7. The predicted molar refractivity (Wildman–Crippen MR) is 143 cm³/mol. The minimum atomic E-state index is -0.162. The number of morpholine rings is 1. The predicted octanol–water partition coefficient (Wildman–Crippen LogP) is 4.75. The van der Waals surface area contributed by atoms with Crippen LogP contribution in [0.1, 0.15) is 34.8 Å². The second-order valence-corrected chi connectivity index (χ2v) is 9.71. The molecule has 3 heterocycles. The van der Waals surface area contributed by atoms with Crippen LogP contribution in [0.3, 0.4) is 0 Å². The molecule has 2 aliphatic rings. The summed E-state index contributed by atoms with van der Waals surface area (Å²) in [5, 5.41) is 4.14. The Morgan fingerprint density at radius 3 is 2.56 bits per heavy atom. The number of anilines is 2. The Hall–Kier alpha value is -3.68. The van der Waals surface area contributed by atoms with Gasteiger partial charge in [-0.15, -0.1) is 0 Å². The van der Waals surface area contributed by atoms with Gasteiger partial charge in [-0.3, -0.25) is 14.7 Å². The van der Waals surface area contributed by atoms with Crippen molar-refractivity contribution in [3.8, 4) is 11.1 Å². The van der Waals surface area contributed by atoms with Crippen molar-refractivity contribution in [2.45, 2.75) is 25.3 Å². The van der Waals surface area contributed by atoms with Crippen molar-refractivity contribution >= 4 is 28.2 Å². The monoisotopic (exact) mass is 481 g/mol. The number of fused-ring (bicyclic) bond motifs is 1. The maximum atomic E-state index is 13.2. The van der Waals surface area contributed by atoms with E-state index >= 15 is 0 Å². The van der Waals surface area contributed by atoms with E-state index in [1.807, 2.05) is 42.5 Å². The molecule has 36 heavy (non-hydrogen) atoms. The van der Waals surface area contributed by atoms with Crippen molar-refractivity contribution in [2.24, 2.45) is 0 Å². The topological polar surface area (TPSA) is 85.4 Å². The largest absolute Gasteiger partial charge is 0.397 e. The second-order valence-electron chi connectivity index (χ2n) is 9.71. The van der Waals surface area contributed by atoms with E-state index in [0.29, 0.717) is 22.9 Å². The molecule has 0 radical (unpaired) electrons. The van der Waals surface area contributed by atoms with Crippen LogP contribution in [0.2, 0.25) is 0 Å². The molecule has 0 spiro atoms. The van der Waals surface area contributed by atoms with Gasteiger partial charge in [0.2, 0.25) is 0 Å². The van der Waals surface area contributed by atoms with Crippen molar-refractivity contribution < 1.29 is 9.53 Å². The molecule has 1 saturated heterocycles. The Labute approximate surface area is 210 Å². The quantitative estimate of drug-likeness (QED) is 0.372. The van der Waals surface area contributed by atoms with E-state index in [1.54, 1.807) is 12.4 Å². The third kappa shape index (κ3) is 4.72. The summed E-state index contributed by atoms with van der Waals surface area (Å²) in [5.74, 6) is 0.472. The van der Waals surface area contributed by atoms with E-state index in [4.69, 9.17) is 10.5 Å². The van der Waals surface area contributed by atoms with Gasteiger partial charge < -0.3 is 20.4 Å². The Morgan fingerprint density at radius 1 is 0.972 bits per heavy atom. The molecule has 0 unspecified atom stereocenters. The number of benzene rings is 2. The van der Waals surface area contributed by atoms with Crippen LogP contribution in [0.4, 0.5) is 11.4 Å². The van der Waals surface area contributed by atoms with Crippen LogP contribution in [-0.2, 0) is 11.3 Å². The van der Waals surface area contributed by atoms with E-state index in [9.17, 15) is 4.79 Å². The second kappa shape index (κ2) is 9.76. The summed E-state index contributed by atoms with van der Waals surface area (Å²) in [6.07, 6.45) is 5.99. The van der Waals surface area contributed by atoms with E-state index < -0.39 is 0 Å². The number of pyridine rings is 1. The highest BCUT2D eigenvalue weighted by atomic mass is 16.5. The van der Waals surface area contributed by atoms with Crippen LogP contribution in [0.15, 0.2) is 67.0 Å². The maximum Gasteiger partial charge on any atom is 0.255 e. The minimum absolute atomic E-state index is 0.162. The van der Waals surface area contributed by atoms with Gasteiger partial charge in [0.1, 0.15) is 0 Å². The first-order valence-corrected chi connectivity index (χ1v) is 12.7. The summed E-state index contributed by atoms with van der Waals surface area (Å²) in [6.45, 7) is 5.59. The zero-order valence-electron chi connectivity index (χ0n) is 20.3. The molecule has 1 aliphatic carbocycles. The van der Waals surface area contributed by atoms with Crippen molar-refractivity contribution in [1.82, 2.24) is 14.5 Å². The van der Waals surface area contributed by atoms with Crippen LogP contribution >= 0.6 is 0 Å². The number of amides is 1. The smallest absolute Gasteiger partial charge is 0.255 e. The van der Waals surface area contributed by atoms with E-state index in [-0.39, 0.29) is 5.91 Å². The van der Waals surface area contributed by atoms with Gasteiger partial charge in [0.25, 0.3) is 5.91 Å². The molecule has 7 heteroatoms. The molecule has 7 nitrogen and oxygen atoms in total. The third-order valence-corrected chi connectivity index (χ3v) is 7.25. The van der Waals surface area contributed by atoms with E-state index in [0.717, 1.165) is 55.9 Å². The molecule has 2 fully saturated rings. The van der Waals surface area contributed by atoms with Gasteiger partial charge in [-0.05, 0) is 78.4 Å². The first kappa shape index (κ1) is 22.8. The van der Waals surface area contributed by atoms with E-state index in [1.165, 1.54) is 24.1 Å². The number of aromatic nitrogens is 2. The van der Waals surface area contributed by atoms with Crippen LogP contribution in [0.25, 0.3) is 22.0 Å². The van der Waals surface area contributed by atoms with Crippen LogP contribution in [0.5, 0.6) is 0 Å². The highest BCUT2D eigenvalue weighted by molar-refractivity contribution is 6.08. The van der Waals surface area contributed by atoms with Gasteiger partial charge >= 0.3 is 0 Å². The molecular formula is C29H31N5O2. The first-order valence-electron chi connectivity index (χ1n) is 12.7. The highest BCUT2D eigenvalue weighted by Crippen LogP contribution is 2.42. The Kier molecular flexibility index (Phi) is 6.17. The zero-order chi connectivity index (χ0) is 24.5. The fraction of sp³-hybridized carbons (Fsp3) is 0.310. The number of hydrogen-bond donors (Lipinski definition) is 2. The fourth-order valence-corrected chi connectivity index (χ4v) is 5.05. The lowest BCUT2D eigenvalue weighted by Crippen LogP contribution is -2.38. The summed E-state index contributed by atoms with van der Waals surface area (Å²) in [7, 11) is 0. The number of ether oxygens (including phenoxy) is 1. The summed E-state index contributed by atoms with van der Waals surface area (Å²) < 4.78 is 7.96. The van der Waals surface area contributed by atoms with Crippen molar-refractivity contribution in [1.29, 1.82) is 0 Å². The summed E-state index contributed by atoms with van der Waals surface area (Å²) >= 11 is 0. The number of nitrogens with one attached hydrogen (secondary N) is 1. The summed E-state index contributed by atoms with van der Waals surface area (Å²) in [4.78, 5) is 19.8. The molecule has 1 amide bonds. The third-order valence-electron chi connectivity index (χ3n) is 7.25. The van der Waals surface area contributed by atoms with Gasteiger partial charge in [-0.25, -0.2) is 0 Å². The average Bonchev–Trinajstić information content (AvgIpc) is 3.70. The van der Waals surface area contributed by atoms with Crippen molar-refractivity contribution in [3.63, 3.8) is 0 Å². The van der Waals surface area contributed by atoms with Gasteiger partial charge in [0.05, 0.1) is 24.6 Å². The summed E-state index contributed by atoms with van der Waals surface area (Å²) in [5.41, 5.74) is 12.6. The number of nitrogen functional groups attached to an aromatic ring is 1. The Balaban J connectivity index is 1.24. The Morgan fingerprint density at radius 2 is 1.78 bits per heavy atom. The Bertz CT molecular complexity index is 1390. The fourth-order valence-electron chi connectivity index (χ4n) is 5.05. The number of hydrogen-bond acceptors (Lipinski definition) is 5. The number of nitrogens with zero attached hydrogens (tertiary/aromatic N) is 3. The number of rotatable bonds is 7. The molecule has 1 saturated carbocycles. The molecule has 6 rings (SSSR count). The molecule has 0 atom stereocenters. The van der Waals surface area contributed by atoms with Crippen molar-refractivity contribution in [3.05, 3.63) is 78.2 Å². The number of carbonyl (C=O) groups excluding carboxylic acids is 1. The highest BCUT2D eigenvalue weighted by Gasteiger charge is 2.28. The molecule has 4 aromatic rings. The van der Waals surface area contributed by atoms with Crippen LogP contribution < -0.4 is 11.1 Å². The van der Waals surface area contributed by atoms with Gasteiger partial charge in [-0.1, -0.05) is 6.07 Å². The van der Waals surface area contributed by atoms with Gasteiger partial charge in [-0.2, -0.15) is 0 Å². The average molecular weight is 482 g/mol. The van der Waals surface area contributed by atoms with E-state index in [2.05, 4.69) is 31.9 Å². The SMILES string of the molecule is Nc1ccc(-c2ccncc2)cc1NC(=O)c1ccc2c(c1)cc(C1CC1)n2CCN1CCOCC1. The molecule has 0 bridgehead atoms. The standard InChI is InChI=1S/C29H31N5O2/c30-25-5-3-22(20-7-9-31-10-8-20)18-26(25)32-29(35)23-4-6-27-24(17-23)19-28(21-1-2-21)34(27)12-11-33-13-15-36-16-14-33/h3-10,17-19,21H,1-2,11-16,30H2,(H,32,35). The van der Waals surface area contributed by atoms with Gasteiger partial charge in [0.15, 0.2) is 0 Å². The lowest BCUT2D eigenvalue weighted by Gasteiger charge is -2.27. The molecule has 1 aliphatic heterocycles. The van der Waals surface area contributed by atoms with Crippen LogP contribution in [0, 0.1) is 0 Å². The molecular weight excluding hydrogens is 450 g/mol. The van der Waals surface area contributed by atoms with Crippen LogP contribution in [-0.4, -0.2) is 53.2 Å². The number of nitrogens with two attached hydrogens (primary N) is 1. The van der Waals surface area contributed by atoms with Gasteiger partial charge in [0, 0.05) is 60.7 Å². The number of carbonyl (C=O) groups is 1.